The molecule has 29 heavy (non-hydrogen) atoms. The van der Waals surface area contributed by atoms with E-state index in [2.05, 4.69) is 4.98 Å². The first-order chi connectivity index (χ1) is 14.2. The molecule has 144 valence electrons. The average Bonchev–Trinajstić information content (AvgIpc) is 3.28. The number of carbonyl (C=O) groups excluding carboxylic acids is 1. The van der Waals surface area contributed by atoms with Crippen molar-refractivity contribution < 1.29 is 9.53 Å². The van der Waals surface area contributed by atoms with Crippen LogP contribution in [-0.2, 0) is 11.3 Å². The Morgan fingerprint density at radius 2 is 1.62 bits per heavy atom. The van der Waals surface area contributed by atoms with Gasteiger partial charge in [0.15, 0.2) is 0 Å². The molecule has 0 fully saturated rings. The molecule has 5 heteroatoms. The lowest BCUT2D eigenvalue weighted by Gasteiger charge is -2.19. The van der Waals surface area contributed by atoms with Gasteiger partial charge in [-0.05, 0) is 41.0 Å². The van der Waals surface area contributed by atoms with Gasteiger partial charge in [-0.1, -0.05) is 66.2 Å². The van der Waals surface area contributed by atoms with Crippen LogP contribution >= 0.6 is 11.6 Å². The van der Waals surface area contributed by atoms with Crippen LogP contribution in [0.2, 0.25) is 5.02 Å². The Balaban J connectivity index is 1.53. The van der Waals surface area contributed by atoms with Gasteiger partial charge in [-0.15, -0.1) is 0 Å². The number of imidazole rings is 1. The molecule has 4 aromatic rings. The quantitative estimate of drug-likeness (QED) is 0.383. The van der Waals surface area contributed by atoms with Gasteiger partial charge in [0.2, 0.25) is 0 Å². The SMILES string of the molecule is O=C(O[C@H](Cn1ccnc1)c1ccc(Cl)cc1)c1ccc(-c2ccccc2)cc1. The number of carbonyl (C=O) groups is 1. The molecule has 0 saturated heterocycles. The molecule has 0 aliphatic rings. The molecule has 4 nitrogen and oxygen atoms in total. The molecule has 0 spiro atoms. The Hall–Kier alpha value is -3.37. The van der Waals surface area contributed by atoms with Crippen molar-refractivity contribution in [1.82, 2.24) is 9.55 Å². The first kappa shape index (κ1) is 19.0. The summed E-state index contributed by atoms with van der Waals surface area (Å²) in [7, 11) is 0. The third kappa shape index (κ3) is 4.73. The summed E-state index contributed by atoms with van der Waals surface area (Å²) in [6.45, 7) is 0.468. The molecule has 0 aliphatic heterocycles. The standard InChI is InChI=1S/C24H19ClN2O2/c25-22-12-10-20(11-13-22)23(16-27-15-14-26-17-27)29-24(28)21-8-6-19(7-9-21)18-4-2-1-3-5-18/h1-15,17,23H,16H2/t23-/m1/s1. The number of ether oxygens (including phenoxy) is 1. The largest absolute Gasteiger partial charge is 0.452 e. The zero-order valence-corrected chi connectivity index (χ0v) is 16.4. The van der Waals surface area contributed by atoms with E-state index in [0.717, 1.165) is 16.7 Å². The fourth-order valence-corrected chi connectivity index (χ4v) is 3.23. The number of aromatic nitrogens is 2. The molecule has 4 rings (SSSR count). The van der Waals surface area contributed by atoms with Crippen LogP contribution in [0, 0.1) is 0 Å². The maximum Gasteiger partial charge on any atom is 0.338 e. The van der Waals surface area contributed by atoms with Gasteiger partial charge in [0.05, 0.1) is 18.4 Å². The van der Waals surface area contributed by atoms with Crippen LogP contribution in [-0.4, -0.2) is 15.5 Å². The molecule has 0 aliphatic carbocycles. The van der Waals surface area contributed by atoms with E-state index in [1.54, 1.807) is 36.8 Å². The molecule has 0 bridgehead atoms. The minimum absolute atomic E-state index is 0.371. The second-order valence-electron chi connectivity index (χ2n) is 6.65. The summed E-state index contributed by atoms with van der Waals surface area (Å²) in [6.07, 6.45) is 4.78. The van der Waals surface area contributed by atoms with Crippen LogP contribution in [0.3, 0.4) is 0 Å². The van der Waals surface area contributed by atoms with Gasteiger partial charge >= 0.3 is 5.97 Å². The van der Waals surface area contributed by atoms with Crippen LogP contribution < -0.4 is 0 Å². The topological polar surface area (TPSA) is 44.1 Å². The summed E-state index contributed by atoms with van der Waals surface area (Å²) in [5.41, 5.74) is 3.54. The van der Waals surface area contributed by atoms with E-state index in [1.807, 2.05) is 65.4 Å². The zero-order valence-electron chi connectivity index (χ0n) is 15.6. The summed E-state index contributed by atoms with van der Waals surface area (Å²) in [5.74, 6) is -0.371. The number of esters is 1. The van der Waals surface area contributed by atoms with Gasteiger partial charge in [-0.2, -0.15) is 0 Å². The maximum atomic E-state index is 12.8. The highest BCUT2D eigenvalue weighted by Gasteiger charge is 2.19. The average molecular weight is 403 g/mol. The summed E-state index contributed by atoms with van der Waals surface area (Å²) in [6, 6.07) is 24.8. The van der Waals surface area contributed by atoms with Crippen molar-refractivity contribution in [3.8, 4) is 11.1 Å². The molecule has 0 N–H and O–H groups in total. The maximum absolute atomic E-state index is 12.8. The number of nitrogens with zero attached hydrogens (tertiary/aromatic N) is 2. The summed E-state index contributed by atoms with van der Waals surface area (Å²) in [4.78, 5) is 16.9. The third-order valence-corrected chi connectivity index (χ3v) is 4.91. The zero-order chi connectivity index (χ0) is 20.1. The van der Waals surface area contributed by atoms with Gasteiger partial charge in [0.1, 0.15) is 6.10 Å². The lowest BCUT2D eigenvalue weighted by Crippen LogP contribution is -2.16. The molecule has 0 radical (unpaired) electrons. The van der Waals surface area contributed by atoms with Gasteiger partial charge in [0.25, 0.3) is 0 Å². The number of hydrogen-bond donors (Lipinski definition) is 0. The predicted octanol–water partition coefficient (Wildman–Crippen LogP) is 5.80. The second-order valence-corrected chi connectivity index (χ2v) is 7.08. The molecule has 3 aromatic carbocycles. The minimum Gasteiger partial charge on any atom is -0.452 e. The molecule has 0 unspecified atom stereocenters. The Kier molecular flexibility index (Phi) is 5.73. The molecular formula is C24H19ClN2O2. The lowest BCUT2D eigenvalue weighted by atomic mass is 10.0. The highest BCUT2D eigenvalue weighted by Crippen LogP contribution is 2.24. The number of hydrogen-bond acceptors (Lipinski definition) is 3. The van der Waals surface area contributed by atoms with E-state index >= 15 is 0 Å². The Labute approximate surface area is 174 Å². The third-order valence-electron chi connectivity index (χ3n) is 4.65. The van der Waals surface area contributed by atoms with Crippen LogP contribution in [0.25, 0.3) is 11.1 Å². The minimum atomic E-state index is -0.456. The number of benzene rings is 3. The van der Waals surface area contributed by atoms with Crippen LogP contribution in [0.5, 0.6) is 0 Å². The van der Waals surface area contributed by atoms with Crippen molar-refractivity contribution in [3.63, 3.8) is 0 Å². The normalized spacial score (nSPS) is 11.8. The van der Waals surface area contributed by atoms with Gasteiger partial charge < -0.3 is 9.30 Å². The first-order valence-corrected chi connectivity index (χ1v) is 9.64. The molecule has 0 amide bonds. The lowest BCUT2D eigenvalue weighted by molar-refractivity contribution is 0.0255. The smallest absolute Gasteiger partial charge is 0.338 e. The number of rotatable bonds is 6. The van der Waals surface area contributed by atoms with Crippen molar-refractivity contribution in [3.05, 3.63) is 114 Å². The van der Waals surface area contributed by atoms with E-state index < -0.39 is 6.10 Å². The van der Waals surface area contributed by atoms with Crippen molar-refractivity contribution in [2.75, 3.05) is 0 Å². The van der Waals surface area contributed by atoms with E-state index in [1.165, 1.54) is 0 Å². The summed E-state index contributed by atoms with van der Waals surface area (Å²) >= 11 is 6.00. The van der Waals surface area contributed by atoms with Crippen molar-refractivity contribution >= 4 is 17.6 Å². The van der Waals surface area contributed by atoms with E-state index in [4.69, 9.17) is 16.3 Å². The molecule has 1 aromatic heterocycles. The van der Waals surface area contributed by atoms with Crippen LogP contribution in [0.4, 0.5) is 0 Å². The van der Waals surface area contributed by atoms with Gasteiger partial charge in [0, 0.05) is 17.4 Å². The molecule has 1 atom stereocenters. The monoisotopic (exact) mass is 402 g/mol. The highest BCUT2D eigenvalue weighted by molar-refractivity contribution is 6.30. The van der Waals surface area contributed by atoms with Gasteiger partial charge in [-0.25, -0.2) is 9.78 Å². The Morgan fingerprint density at radius 3 is 2.28 bits per heavy atom. The molecule has 0 saturated carbocycles. The Bertz CT molecular complexity index is 1060. The fourth-order valence-electron chi connectivity index (χ4n) is 3.10. The van der Waals surface area contributed by atoms with Crippen LogP contribution in [0.15, 0.2) is 97.6 Å². The van der Waals surface area contributed by atoms with Crippen LogP contribution in [0.1, 0.15) is 22.0 Å². The predicted molar refractivity (Wildman–Crippen MR) is 114 cm³/mol. The van der Waals surface area contributed by atoms with Crippen molar-refractivity contribution in [2.24, 2.45) is 0 Å². The molecular weight excluding hydrogens is 384 g/mol. The fraction of sp³-hybridized carbons (Fsp3) is 0.0833. The van der Waals surface area contributed by atoms with Crippen molar-refractivity contribution in [1.29, 1.82) is 0 Å². The first-order valence-electron chi connectivity index (χ1n) is 9.27. The van der Waals surface area contributed by atoms with E-state index in [0.29, 0.717) is 17.1 Å². The summed E-state index contributed by atoms with van der Waals surface area (Å²) < 4.78 is 7.73. The molecule has 1 heterocycles. The second kappa shape index (κ2) is 8.76. The van der Waals surface area contributed by atoms with Crippen molar-refractivity contribution in [2.45, 2.75) is 12.6 Å². The van der Waals surface area contributed by atoms with E-state index in [-0.39, 0.29) is 5.97 Å². The number of halogens is 1. The highest BCUT2D eigenvalue weighted by atomic mass is 35.5. The van der Waals surface area contributed by atoms with E-state index in [9.17, 15) is 4.79 Å². The Morgan fingerprint density at radius 1 is 0.931 bits per heavy atom. The van der Waals surface area contributed by atoms with Gasteiger partial charge in [-0.3, -0.25) is 0 Å². The summed E-state index contributed by atoms with van der Waals surface area (Å²) in [5, 5.41) is 0.637.